The normalized spacial score (nSPS) is 12.2. The highest BCUT2D eigenvalue weighted by atomic mass is 32.1. The third kappa shape index (κ3) is 2.73. The second-order valence-electron chi connectivity index (χ2n) is 6.09. The summed E-state index contributed by atoms with van der Waals surface area (Å²) in [7, 11) is 0. The van der Waals surface area contributed by atoms with E-state index in [0.29, 0.717) is 5.69 Å². The van der Waals surface area contributed by atoms with Crippen LogP contribution in [0.2, 0.25) is 0 Å². The molecule has 3 nitrogen and oxygen atoms in total. The van der Waals surface area contributed by atoms with Crippen LogP contribution in [0.1, 0.15) is 21.7 Å². The van der Waals surface area contributed by atoms with Crippen molar-refractivity contribution in [3.05, 3.63) is 46.1 Å². The summed E-state index contributed by atoms with van der Waals surface area (Å²) in [5.74, 6) is 0. The molecule has 134 valence electrons. The van der Waals surface area contributed by atoms with Crippen molar-refractivity contribution < 1.29 is 13.2 Å². The molecule has 4 heterocycles. The number of nitrogens with one attached hydrogen (secondary N) is 1. The molecule has 0 aliphatic rings. The van der Waals surface area contributed by atoms with Gasteiger partial charge < -0.3 is 0 Å². The number of nitrogens with zero attached hydrogens (tertiary/aromatic N) is 2. The molecule has 0 fully saturated rings. The summed E-state index contributed by atoms with van der Waals surface area (Å²) >= 11 is 3.53. The molecule has 26 heavy (non-hydrogen) atoms. The Morgan fingerprint density at radius 2 is 1.69 bits per heavy atom. The third-order valence-corrected chi connectivity index (χ3v) is 7.30. The van der Waals surface area contributed by atoms with Crippen LogP contribution in [-0.4, -0.2) is 15.2 Å². The predicted octanol–water partition coefficient (Wildman–Crippen LogP) is 6.36. The van der Waals surface area contributed by atoms with Crippen LogP contribution < -0.4 is 0 Å². The van der Waals surface area contributed by atoms with E-state index < -0.39 is 11.9 Å². The van der Waals surface area contributed by atoms with E-state index in [1.54, 1.807) is 34.9 Å². The number of aromatic nitrogens is 3. The molecule has 0 atom stereocenters. The van der Waals surface area contributed by atoms with Crippen LogP contribution in [-0.2, 0) is 6.18 Å². The molecule has 0 amide bonds. The number of hydrogen-bond acceptors (Lipinski definition) is 4. The molecule has 0 bridgehead atoms. The van der Waals surface area contributed by atoms with Crippen LogP contribution in [0.4, 0.5) is 13.2 Å². The summed E-state index contributed by atoms with van der Waals surface area (Å²) in [6, 6.07) is 4.56. The van der Waals surface area contributed by atoms with Gasteiger partial charge in [-0.05, 0) is 50.1 Å². The number of aromatic amines is 1. The number of fused-ring (bicyclic) bond motifs is 1. The highest BCUT2D eigenvalue weighted by Gasteiger charge is 2.33. The van der Waals surface area contributed by atoms with Crippen LogP contribution in [0.25, 0.3) is 31.2 Å². The quantitative estimate of drug-likeness (QED) is 0.431. The van der Waals surface area contributed by atoms with Crippen molar-refractivity contribution in [2.75, 3.05) is 0 Å². The van der Waals surface area contributed by atoms with Gasteiger partial charge >= 0.3 is 6.18 Å². The number of thiophene rings is 2. The minimum absolute atomic E-state index is 0.180. The highest BCUT2D eigenvalue weighted by Crippen LogP contribution is 2.44. The predicted molar refractivity (Wildman–Crippen MR) is 99.7 cm³/mol. The van der Waals surface area contributed by atoms with Crippen molar-refractivity contribution in [3.63, 3.8) is 0 Å². The van der Waals surface area contributed by atoms with E-state index in [1.165, 1.54) is 25.4 Å². The Balaban J connectivity index is 1.70. The molecular formula is C18H14F3N3S2. The van der Waals surface area contributed by atoms with Crippen LogP contribution in [0.5, 0.6) is 0 Å². The molecule has 0 saturated carbocycles. The van der Waals surface area contributed by atoms with E-state index in [0.717, 1.165) is 16.5 Å². The zero-order valence-corrected chi connectivity index (χ0v) is 15.8. The van der Waals surface area contributed by atoms with Crippen molar-refractivity contribution in [2.24, 2.45) is 0 Å². The molecule has 4 aromatic rings. The van der Waals surface area contributed by atoms with Gasteiger partial charge in [-0.1, -0.05) is 0 Å². The first-order valence-corrected chi connectivity index (χ1v) is 9.47. The molecule has 0 spiro atoms. The lowest BCUT2D eigenvalue weighted by Crippen LogP contribution is -2.04. The van der Waals surface area contributed by atoms with Crippen LogP contribution in [0.3, 0.4) is 0 Å². The van der Waals surface area contributed by atoms with Gasteiger partial charge in [0.25, 0.3) is 0 Å². The van der Waals surface area contributed by atoms with Gasteiger partial charge in [0.2, 0.25) is 0 Å². The molecule has 8 heteroatoms. The van der Waals surface area contributed by atoms with Crippen LogP contribution in [0, 0.1) is 20.8 Å². The SMILES string of the molecule is Cc1sc2c(C)c(-c3ccc(-c4cc(C(F)(F)F)[nH]n4)nc3)sc2c1C. The van der Waals surface area contributed by atoms with Gasteiger partial charge in [0, 0.05) is 30.9 Å². The molecule has 1 N–H and O–H groups in total. The minimum Gasteiger partial charge on any atom is -0.273 e. The van der Waals surface area contributed by atoms with Gasteiger partial charge in [-0.2, -0.15) is 18.3 Å². The maximum absolute atomic E-state index is 12.7. The highest BCUT2D eigenvalue weighted by molar-refractivity contribution is 7.30. The lowest BCUT2D eigenvalue weighted by atomic mass is 10.1. The number of halogens is 3. The Hall–Kier alpha value is -2.19. The maximum atomic E-state index is 12.7. The number of aryl methyl sites for hydroxylation is 3. The van der Waals surface area contributed by atoms with E-state index in [-0.39, 0.29) is 5.69 Å². The van der Waals surface area contributed by atoms with Crippen LogP contribution >= 0.6 is 22.7 Å². The summed E-state index contributed by atoms with van der Waals surface area (Å²) < 4.78 is 40.7. The van der Waals surface area contributed by atoms with Gasteiger partial charge in [-0.25, -0.2) is 0 Å². The van der Waals surface area contributed by atoms with Gasteiger partial charge in [0.05, 0.1) is 5.69 Å². The molecule has 4 aromatic heterocycles. The number of H-pyrrole nitrogens is 1. The Kier molecular flexibility index (Phi) is 3.92. The monoisotopic (exact) mass is 393 g/mol. The van der Waals surface area contributed by atoms with E-state index in [4.69, 9.17) is 0 Å². The van der Waals surface area contributed by atoms with Gasteiger partial charge in [-0.15, -0.1) is 22.7 Å². The fourth-order valence-corrected chi connectivity index (χ4v) is 5.50. The summed E-state index contributed by atoms with van der Waals surface area (Å²) in [6.45, 7) is 6.35. The molecule has 0 aromatic carbocycles. The van der Waals surface area contributed by atoms with E-state index in [2.05, 4.69) is 30.9 Å². The summed E-state index contributed by atoms with van der Waals surface area (Å²) in [4.78, 5) is 6.79. The first-order chi connectivity index (χ1) is 12.3. The Morgan fingerprint density at radius 3 is 2.27 bits per heavy atom. The van der Waals surface area contributed by atoms with Crippen molar-refractivity contribution >= 4 is 32.1 Å². The Morgan fingerprint density at radius 1 is 0.962 bits per heavy atom. The zero-order valence-electron chi connectivity index (χ0n) is 14.2. The first kappa shape index (κ1) is 17.2. The van der Waals surface area contributed by atoms with Gasteiger partial charge in [0.15, 0.2) is 0 Å². The van der Waals surface area contributed by atoms with E-state index >= 15 is 0 Å². The summed E-state index contributed by atoms with van der Waals surface area (Å²) in [5, 5.41) is 5.73. The van der Waals surface area contributed by atoms with Gasteiger partial charge in [-0.3, -0.25) is 10.1 Å². The lowest BCUT2D eigenvalue weighted by Gasteiger charge is -2.02. The van der Waals surface area contributed by atoms with E-state index in [1.807, 2.05) is 11.2 Å². The largest absolute Gasteiger partial charge is 0.432 e. The second kappa shape index (κ2) is 5.92. The third-order valence-electron chi connectivity index (χ3n) is 4.39. The van der Waals surface area contributed by atoms with E-state index in [9.17, 15) is 13.2 Å². The lowest BCUT2D eigenvalue weighted by molar-refractivity contribution is -0.141. The molecule has 0 saturated heterocycles. The number of rotatable bonds is 2. The number of hydrogen-bond donors (Lipinski definition) is 1. The molecule has 4 rings (SSSR count). The molecule has 0 aliphatic heterocycles. The van der Waals surface area contributed by atoms with Crippen molar-refractivity contribution in [1.82, 2.24) is 15.2 Å². The van der Waals surface area contributed by atoms with Crippen molar-refractivity contribution in [2.45, 2.75) is 26.9 Å². The summed E-state index contributed by atoms with van der Waals surface area (Å²) in [5.41, 5.74) is 3.20. The average Bonchev–Trinajstić information content (AvgIpc) is 3.27. The Bertz CT molecular complexity index is 1100. The topological polar surface area (TPSA) is 41.6 Å². The average molecular weight is 393 g/mol. The fourth-order valence-electron chi connectivity index (χ4n) is 2.81. The first-order valence-electron chi connectivity index (χ1n) is 7.84. The van der Waals surface area contributed by atoms with Crippen molar-refractivity contribution in [1.29, 1.82) is 0 Å². The Labute approximate surface area is 155 Å². The number of pyridine rings is 1. The zero-order chi connectivity index (χ0) is 18.6. The fraction of sp³-hybridized carbons (Fsp3) is 0.222. The number of alkyl halides is 3. The van der Waals surface area contributed by atoms with Gasteiger partial charge in [0.1, 0.15) is 11.4 Å². The van der Waals surface area contributed by atoms with Crippen molar-refractivity contribution in [3.8, 4) is 21.8 Å². The van der Waals surface area contributed by atoms with Crippen LogP contribution in [0.15, 0.2) is 24.4 Å². The summed E-state index contributed by atoms with van der Waals surface area (Å²) in [6.07, 6.45) is -2.75. The standard InChI is InChI=1S/C18H14F3N3S2/c1-8-10(3)25-17-9(2)15(26-16(8)17)11-4-5-12(22-7-11)13-6-14(24-23-13)18(19,20)21/h4-7H,1-3H3,(H,23,24). The smallest absolute Gasteiger partial charge is 0.273 e. The molecule has 0 radical (unpaired) electrons. The minimum atomic E-state index is -4.44. The molecule has 0 aliphatic carbocycles. The molecule has 0 unspecified atom stereocenters. The maximum Gasteiger partial charge on any atom is 0.432 e. The second-order valence-corrected chi connectivity index (χ2v) is 8.34. The molecular weight excluding hydrogens is 379 g/mol.